The van der Waals surface area contributed by atoms with Crippen LogP contribution in [0.4, 0.5) is 11.4 Å². The van der Waals surface area contributed by atoms with E-state index < -0.39 is 20.0 Å². The number of benzene rings is 6. The van der Waals surface area contributed by atoms with E-state index in [0.29, 0.717) is 49.1 Å². The van der Waals surface area contributed by atoms with Crippen LogP contribution in [0.3, 0.4) is 0 Å². The van der Waals surface area contributed by atoms with Crippen LogP contribution in [0, 0.1) is 6.92 Å². The van der Waals surface area contributed by atoms with E-state index in [9.17, 15) is 16.8 Å². The van der Waals surface area contributed by atoms with Crippen molar-refractivity contribution in [1.29, 1.82) is 0 Å². The van der Waals surface area contributed by atoms with Gasteiger partial charge in [0.15, 0.2) is 0 Å². The van der Waals surface area contributed by atoms with Gasteiger partial charge in [0.2, 0.25) is 20.0 Å². The first-order valence-electron chi connectivity index (χ1n) is 24.7. The molecule has 0 fully saturated rings. The number of nitrogens with one attached hydrogen (secondary N) is 2. The van der Waals surface area contributed by atoms with E-state index in [2.05, 4.69) is 71.1 Å². The topological polar surface area (TPSA) is 151 Å². The first-order chi connectivity index (χ1) is 35.6. The highest BCUT2D eigenvalue weighted by Gasteiger charge is 2.36. The minimum atomic E-state index is -3.75. The minimum Gasteiger partial charge on any atom is -0.361 e. The summed E-state index contributed by atoms with van der Waals surface area (Å²) in [5.74, 6) is 0. The van der Waals surface area contributed by atoms with Gasteiger partial charge in [-0.05, 0) is 103 Å². The predicted molar refractivity (Wildman–Crippen MR) is 288 cm³/mol. The molecule has 2 aliphatic heterocycles. The summed E-state index contributed by atoms with van der Waals surface area (Å²) in [6.07, 6.45) is 13.8. The van der Waals surface area contributed by atoms with E-state index in [1.807, 2.05) is 116 Å². The normalized spacial score (nSPS) is 16.5. The fourth-order valence-electron chi connectivity index (χ4n) is 10.0. The molecule has 0 saturated carbocycles. The number of aromatic nitrogens is 5. The van der Waals surface area contributed by atoms with Crippen molar-refractivity contribution in [2.24, 2.45) is 0 Å². The van der Waals surface area contributed by atoms with Crippen molar-refractivity contribution >= 4 is 42.2 Å². The van der Waals surface area contributed by atoms with Crippen molar-refractivity contribution in [3.8, 4) is 0 Å². The summed E-state index contributed by atoms with van der Waals surface area (Å²) < 4.78 is 59.1. The van der Waals surface area contributed by atoms with E-state index in [1.165, 1.54) is 11.1 Å². The second-order valence-corrected chi connectivity index (χ2v) is 22.7. The van der Waals surface area contributed by atoms with E-state index in [4.69, 9.17) is 0 Å². The van der Waals surface area contributed by atoms with Crippen molar-refractivity contribution in [2.75, 3.05) is 22.9 Å². The van der Waals surface area contributed by atoms with Gasteiger partial charge < -0.3 is 19.8 Å². The summed E-state index contributed by atoms with van der Waals surface area (Å²) in [5.41, 5.74) is 9.64. The number of fused-ring (bicyclic) bond motifs is 3. The van der Waals surface area contributed by atoms with Crippen molar-refractivity contribution in [2.45, 2.75) is 80.7 Å². The fourth-order valence-corrected chi connectivity index (χ4v) is 13.0. The molecule has 2 N–H and O–H groups in total. The number of imidazole rings is 2. The van der Waals surface area contributed by atoms with Gasteiger partial charge in [0.05, 0.1) is 46.9 Å². The zero-order valence-corrected chi connectivity index (χ0v) is 42.4. The molecule has 2 aliphatic rings. The van der Waals surface area contributed by atoms with Crippen LogP contribution in [0.15, 0.2) is 205 Å². The molecule has 0 spiro atoms. The molecule has 372 valence electrons. The quantitative estimate of drug-likeness (QED) is 0.108. The number of nitrogens with zero attached hydrogens (tertiary/aromatic N) is 7. The summed E-state index contributed by atoms with van der Waals surface area (Å²) in [4.78, 5) is 24.3. The molecule has 11 rings (SSSR count). The number of aromatic amines is 2. The van der Waals surface area contributed by atoms with Crippen molar-refractivity contribution in [3.63, 3.8) is 0 Å². The Hall–Kier alpha value is -7.43. The highest BCUT2D eigenvalue weighted by atomic mass is 32.2. The Labute approximate surface area is 428 Å². The Morgan fingerprint density at radius 3 is 1.49 bits per heavy atom. The molecule has 6 aromatic carbocycles. The van der Waals surface area contributed by atoms with Crippen LogP contribution in [0.5, 0.6) is 0 Å². The standard InChI is InChI=1S/C30H29N5O2S.C28H30N4O2S/c36-38(37,29-13-11-25-17-31-15-14-24(25)16-29)34-19-26-8-4-5-9-30(26)35(20-27-18-32-22-33-27)28(21-34)12-10-23-6-2-1-3-7-23;1-22-11-15-27(16-12-22)35(33,34)31-18-24-9-5-6-10-28(24)32(19-25-17-29-21-30-25)26(20-31)14-13-23-7-3-2-4-8-23/h1-9,11,13-18,22,28H,10,12,19-21H2,(H,32,33);2-12,15-17,21,26H,13-14,18-20H2,1H3,(H,29,30). The third-order valence-corrected chi connectivity index (χ3v) is 17.6. The molecule has 2 unspecified atom stereocenters. The number of rotatable bonds is 14. The summed E-state index contributed by atoms with van der Waals surface area (Å²) in [6.45, 7) is 4.66. The van der Waals surface area contributed by atoms with Gasteiger partial charge in [0.25, 0.3) is 0 Å². The van der Waals surface area contributed by atoms with Gasteiger partial charge in [-0.1, -0.05) is 121 Å². The first kappa shape index (κ1) is 49.2. The van der Waals surface area contributed by atoms with Gasteiger partial charge in [0, 0.05) is 79.8 Å². The number of hydrogen-bond acceptors (Lipinski definition) is 9. The second kappa shape index (κ2) is 22.1. The molecule has 0 saturated heterocycles. The van der Waals surface area contributed by atoms with Crippen LogP contribution >= 0.6 is 0 Å². The van der Waals surface area contributed by atoms with Crippen molar-refractivity contribution < 1.29 is 16.8 Å². The monoisotopic (exact) mass is 1010 g/mol. The zero-order valence-electron chi connectivity index (χ0n) is 40.8. The molecule has 2 atom stereocenters. The number of para-hydroxylation sites is 2. The predicted octanol–water partition coefficient (Wildman–Crippen LogP) is 10.1. The summed E-state index contributed by atoms with van der Waals surface area (Å²) in [5, 5.41) is 1.77. The number of pyridine rings is 1. The highest BCUT2D eigenvalue weighted by Crippen LogP contribution is 2.36. The molecule has 0 amide bonds. The van der Waals surface area contributed by atoms with Crippen molar-refractivity contribution in [1.82, 2.24) is 33.5 Å². The Morgan fingerprint density at radius 1 is 0.507 bits per heavy atom. The van der Waals surface area contributed by atoms with Crippen LogP contribution in [0.2, 0.25) is 0 Å². The molecule has 5 heterocycles. The molecule has 13 nitrogen and oxygen atoms in total. The number of H-pyrrole nitrogens is 2. The van der Waals surface area contributed by atoms with Crippen LogP contribution in [-0.2, 0) is 59.1 Å². The van der Waals surface area contributed by atoms with Crippen LogP contribution in [-0.4, -0.2) is 75.5 Å². The highest BCUT2D eigenvalue weighted by molar-refractivity contribution is 7.89. The SMILES string of the molecule is Cc1ccc(S(=O)(=O)N2Cc3ccccc3N(Cc3cnc[nH]3)C(CCc3ccccc3)C2)cc1.O=S(=O)(c1ccc2cnccc2c1)N1Cc2ccccc2N(Cc2cnc[nH]2)C(CCc2ccccc2)C1. The molecule has 9 aromatic rings. The Bertz CT molecular complexity index is 3450. The molecular formula is C58H59N9O4S2. The number of hydrogen-bond donors (Lipinski definition) is 2. The minimum absolute atomic E-state index is 0.0117. The maximum Gasteiger partial charge on any atom is 0.243 e. The molecule has 0 radical (unpaired) electrons. The average molecular weight is 1010 g/mol. The van der Waals surface area contributed by atoms with E-state index in [0.717, 1.165) is 75.9 Å². The Kier molecular flexibility index (Phi) is 14.9. The fraction of sp³-hybridized carbons (Fsp3) is 0.224. The first-order valence-corrected chi connectivity index (χ1v) is 27.6. The molecule has 0 aliphatic carbocycles. The Balaban J connectivity index is 0.000000168. The molecule has 15 heteroatoms. The maximum absolute atomic E-state index is 14.1. The molecule has 73 heavy (non-hydrogen) atoms. The Morgan fingerprint density at radius 2 is 0.986 bits per heavy atom. The maximum atomic E-state index is 14.1. The number of aryl methyl sites for hydroxylation is 3. The zero-order chi connectivity index (χ0) is 50.2. The lowest BCUT2D eigenvalue weighted by molar-refractivity contribution is 0.370. The second-order valence-electron chi connectivity index (χ2n) is 18.8. The van der Waals surface area contributed by atoms with Crippen LogP contribution in [0.25, 0.3) is 10.8 Å². The lowest BCUT2D eigenvalue weighted by atomic mass is 10.0. The van der Waals surface area contributed by atoms with Gasteiger partial charge in [-0.3, -0.25) is 4.98 Å². The largest absolute Gasteiger partial charge is 0.361 e. The van der Waals surface area contributed by atoms with Crippen LogP contribution < -0.4 is 9.80 Å². The smallest absolute Gasteiger partial charge is 0.243 e. The molecule has 0 bridgehead atoms. The lowest BCUT2D eigenvalue weighted by Crippen LogP contribution is -2.43. The third-order valence-electron chi connectivity index (χ3n) is 13.9. The van der Waals surface area contributed by atoms with Gasteiger partial charge in [-0.25, -0.2) is 26.8 Å². The van der Waals surface area contributed by atoms with Crippen LogP contribution in [0.1, 0.15) is 52.0 Å². The van der Waals surface area contributed by atoms with Gasteiger partial charge in [0.1, 0.15) is 0 Å². The van der Waals surface area contributed by atoms with Gasteiger partial charge in [-0.15, -0.1) is 0 Å². The summed E-state index contributed by atoms with van der Waals surface area (Å²) >= 11 is 0. The van der Waals surface area contributed by atoms with E-state index >= 15 is 0 Å². The summed E-state index contributed by atoms with van der Waals surface area (Å²) in [7, 11) is -7.41. The third kappa shape index (κ3) is 11.5. The van der Waals surface area contributed by atoms with Crippen molar-refractivity contribution in [3.05, 3.63) is 234 Å². The van der Waals surface area contributed by atoms with E-state index in [-0.39, 0.29) is 12.1 Å². The molecule has 3 aromatic heterocycles. The average Bonchev–Trinajstić information content (AvgIpc) is 4.09. The lowest BCUT2D eigenvalue weighted by Gasteiger charge is -2.34. The van der Waals surface area contributed by atoms with Gasteiger partial charge >= 0.3 is 0 Å². The van der Waals surface area contributed by atoms with Gasteiger partial charge in [-0.2, -0.15) is 8.61 Å². The summed E-state index contributed by atoms with van der Waals surface area (Å²) in [6, 6.07) is 51.2. The number of sulfonamides is 2. The van der Waals surface area contributed by atoms with E-state index in [1.54, 1.807) is 57.9 Å². The molecular weight excluding hydrogens is 951 g/mol. The number of anilines is 2.